The summed E-state index contributed by atoms with van der Waals surface area (Å²) in [6.07, 6.45) is 1.50. The first-order chi connectivity index (χ1) is 12.8. The molecule has 0 aliphatic carbocycles. The molecule has 0 fully saturated rings. The summed E-state index contributed by atoms with van der Waals surface area (Å²) < 4.78 is 15.0. The lowest BCUT2D eigenvalue weighted by molar-refractivity contribution is -0.143. The maximum Gasteiger partial charge on any atom is 0.414 e. The molecule has 0 aromatic carbocycles. The zero-order valence-corrected chi connectivity index (χ0v) is 17.3. The molecule has 1 aromatic heterocycles. The second-order valence-corrected chi connectivity index (χ2v) is 7.97. The lowest BCUT2D eigenvalue weighted by atomic mass is 10.1. The Morgan fingerprint density at radius 3 is 1.93 bits per heavy atom. The van der Waals surface area contributed by atoms with Crippen LogP contribution in [-0.4, -0.2) is 52.5 Å². The van der Waals surface area contributed by atoms with Crippen LogP contribution in [0.5, 0.6) is 0 Å². The Bertz CT molecular complexity index is 692. The monoisotopic (exact) mass is 396 g/mol. The third-order valence-corrected chi connectivity index (χ3v) is 2.93. The van der Waals surface area contributed by atoms with E-state index < -0.39 is 35.4 Å². The van der Waals surface area contributed by atoms with E-state index in [0.29, 0.717) is 5.56 Å². The average Bonchev–Trinajstić information content (AvgIpc) is 2.51. The van der Waals surface area contributed by atoms with E-state index in [-0.39, 0.29) is 12.4 Å². The highest BCUT2D eigenvalue weighted by Gasteiger charge is 2.25. The number of rotatable bonds is 5. The number of anilines is 1. The summed E-state index contributed by atoms with van der Waals surface area (Å²) in [5.41, 5.74) is -0.810. The third kappa shape index (κ3) is 9.15. The molecule has 0 bridgehead atoms. The summed E-state index contributed by atoms with van der Waals surface area (Å²) in [7, 11) is 1.22. The summed E-state index contributed by atoms with van der Waals surface area (Å²) in [4.78, 5) is 43.6. The van der Waals surface area contributed by atoms with Gasteiger partial charge in [0.2, 0.25) is 5.95 Å². The van der Waals surface area contributed by atoms with Gasteiger partial charge in [-0.05, 0) is 47.1 Å². The Labute approximate surface area is 164 Å². The van der Waals surface area contributed by atoms with Crippen molar-refractivity contribution in [2.24, 2.45) is 0 Å². The zero-order valence-electron chi connectivity index (χ0n) is 17.3. The molecule has 0 aliphatic heterocycles. The van der Waals surface area contributed by atoms with Crippen LogP contribution in [0, 0.1) is 0 Å². The largest absolute Gasteiger partial charge is 0.467 e. The van der Waals surface area contributed by atoms with Crippen molar-refractivity contribution in [3.8, 4) is 0 Å². The molecule has 0 unspecified atom stereocenters. The van der Waals surface area contributed by atoms with E-state index in [2.05, 4.69) is 20.6 Å². The highest BCUT2D eigenvalue weighted by molar-refractivity contribution is 5.82. The predicted molar refractivity (Wildman–Crippen MR) is 101 cm³/mol. The van der Waals surface area contributed by atoms with Crippen molar-refractivity contribution < 1.29 is 28.6 Å². The van der Waals surface area contributed by atoms with E-state index in [1.165, 1.54) is 19.5 Å². The van der Waals surface area contributed by atoms with Gasteiger partial charge in [0.25, 0.3) is 0 Å². The molecule has 0 radical (unpaired) electrons. The molecule has 0 saturated carbocycles. The molecule has 2 N–H and O–H groups in total. The van der Waals surface area contributed by atoms with Gasteiger partial charge < -0.3 is 19.5 Å². The molecule has 1 aromatic rings. The molecule has 0 saturated heterocycles. The van der Waals surface area contributed by atoms with Gasteiger partial charge in [0.15, 0.2) is 0 Å². The van der Waals surface area contributed by atoms with E-state index in [1.807, 2.05) is 0 Å². The van der Waals surface area contributed by atoms with Crippen LogP contribution in [0.1, 0.15) is 47.1 Å². The average molecular weight is 396 g/mol. The van der Waals surface area contributed by atoms with Crippen LogP contribution >= 0.6 is 0 Å². The third-order valence-electron chi connectivity index (χ3n) is 2.93. The first kappa shape index (κ1) is 23.1. The Hall–Kier alpha value is -2.91. The Morgan fingerprint density at radius 2 is 1.46 bits per heavy atom. The number of esters is 1. The lowest BCUT2D eigenvalue weighted by Gasteiger charge is -2.22. The Kier molecular flexibility index (Phi) is 7.71. The van der Waals surface area contributed by atoms with Gasteiger partial charge in [-0.15, -0.1) is 0 Å². The molecule has 2 amide bonds. The molecule has 1 rings (SSSR count). The first-order valence-corrected chi connectivity index (χ1v) is 8.67. The molecule has 10 heteroatoms. The molecule has 10 nitrogen and oxygen atoms in total. The number of hydrogen-bond donors (Lipinski definition) is 2. The number of carbonyl (C=O) groups is 3. The van der Waals surface area contributed by atoms with Crippen LogP contribution in [0.2, 0.25) is 0 Å². The van der Waals surface area contributed by atoms with Gasteiger partial charge in [0.1, 0.15) is 17.2 Å². The van der Waals surface area contributed by atoms with Crippen LogP contribution < -0.4 is 10.6 Å². The minimum absolute atomic E-state index is 0.0488. The number of methoxy groups -OCH3 is 1. The standard InChI is InChI=1S/C18H28N4O6/c1-17(2,3)27-15(24)21-12(13(23)26-7)8-11-9-19-14(20-10-11)22-16(25)28-18(4,5)6/h9-10,12H,8H2,1-7H3,(H,21,24)(H,19,20,22,25)/t12-/m0/s1. The molecule has 1 heterocycles. The van der Waals surface area contributed by atoms with Crippen LogP contribution in [0.4, 0.5) is 15.5 Å². The second-order valence-electron chi connectivity index (χ2n) is 7.97. The normalized spacial score (nSPS) is 12.5. The molecule has 1 atom stereocenters. The smallest absolute Gasteiger partial charge is 0.414 e. The molecule has 0 aliphatic rings. The fourth-order valence-corrected chi connectivity index (χ4v) is 1.94. The van der Waals surface area contributed by atoms with Gasteiger partial charge in [-0.3, -0.25) is 5.32 Å². The first-order valence-electron chi connectivity index (χ1n) is 8.67. The van der Waals surface area contributed by atoms with E-state index in [1.54, 1.807) is 41.5 Å². The molecule has 28 heavy (non-hydrogen) atoms. The maximum atomic E-state index is 12.0. The number of nitrogens with zero attached hydrogens (tertiary/aromatic N) is 2. The Balaban J connectivity index is 2.75. The van der Waals surface area contributed by atoms with Gasteiger partial charge >= 0.3 is 18.2 Å². The van der Waals surface area contributed by atoms with E-state index >= 15 is 0 Å². The van der Waals surface area contributed by atoms with Gasteiger partial charge in [-0.25, -0.2) is 24.4 Å². The summed E-state index contributed by atoms with van der Waals surface area (Å²) in [5.74, 6) is -0.588. The van der Waals surface area contributed by atoms with Crippen molar-refractivity contribution in [2.75, 3.05) is 12.4 Å². The number of alkyl carbamates (subject to hydrolysis) is 1. The summed E-state index contributed by atoms with van der Waals surface area (Å²) in [5, 5.41) is 4.87. The predicted octanol–water partition coefficient (Wildman–Crippen LogP) is 2.43. The summed E-state index contributed by atoms with van der Waals surface area (Å²) in [6, 6.07) is -0.979. The van der Waals surface area contributed by atoms with Gasteiger partial charge in [-0.2, -0.15) is 0 Å². The minimum atomic E-state index is -0.979. The molecule has 0 spiro atoms. The minimum Gasteiger partial charge on any atom is -0.467 e. The Morgan fingerprint density at radius 1 is 0.964 bits per heavy atom. The highest BCUT2D eigenvalue weighted by atomic mass is 16.6. The quantitative estimate of drug-likeness (QED) is 0.573. The summed E-state index contributed by atoms with van der Waals surface area (Å²) >= 11 is 0. The maximum absolute atomic E-state index is 12.0. The number of ether oxygens (including phenoxy) is 3. The van der Waals surface area contributed by atoms with E-state index in [0.717, 1.165) is 0 Å². The molecular formula is C18H28N4O6. The van der Waals surface area contributed by atoms with Crippen LogP contribution in [0.25, 0.3) is 0 Å². The van der Waals surface area contributed by atoms with Crippen molar-refractivity contribution in [3.63, 3.8) is 0 Å². The highest BCUT2D eigenvalue weighted by Crippen LogP contribution is 2.11. The SMILES string of the molecule is COC(=O)[C@H](Cc1cnc(NC(=O)OC(C)(C)C)nc1)NC(=O)OC(C)(C)C. The van der Waals surface area contributed by atoms with Crippen LogP contribution in [0.3, 0.4) is 0 Å². The van der Waals surface area contributed by atoms with Crippen LogP contribution in [-0.2, 0) is 25.4 Å². The summed E-state index contributed by atoms with van der Waals surface area (Å²) in [6.45, 7) is 10.3. The van der Waals surface area contributed by atoms with Crippen molar-refractivity contribution in [2.45, 2.75) is 65.2 Å². The van der Waals surface area contributed by atoms with Crippen LogP contribution in [0.15, 0.2) is 12.4 Å². The van der Waals surface area contributed by atoms with Crippen molar-refractivity contribution in [1.82, 2.24) is 15.3 Å². The van der Waals surface area contributed by atoms with Gasteiger partial charge in [-0.1, -0.05) is 0 Å². The van der Waals surface area contributed by atoms with Crippen molar-refractivity contribution in [3.05, 3.63) is 18.0 Å². The number of nitrogens with one attached hydrogen (secondary N) is 2. The van der Waals surface area contributed by atoms with E-state index in [4.69, 9.17) is 14.2 Å². The fraction of sp³-hybridized carbons (Fsp3) is 0.611. The van der Waals surface area contributed by atoms with Gasteiger partial charge in [0, 0.05) is 18.8 Å². The second kappa shape index (κ2) is 9.34. The fourth-order valence-electron chi connectivity index (χ4n) is 1.94. The van der Waals surface area contributed by atoms with Crippen molar-refractivity contribution in [1.29, 1.82) is 0 Å². The number of hydrogen-bond acceptors (Lipinski definition) is 8. The molecule has 156 valence electrons. The van der Waals surface area contributed by atoms with Crippen molar-refractivity contribution >= 4 is 24.1 Å². The molecular weight excluding hydrogens is 368 g/mol. The number of carbonyl (C=O) groups excluding carboxylic acids is 3. The van der Waals surface area contributed by atoms with Gasteiger partial charge in [0.05, 0.1) is 7.11 Å². The number of aromatic nitrogens is 2. The number of amides is 2. The topological polar surface area (TPSA) is 129 Å². The van der Waals surface area contributed by atoms with E-state index in [9.17, 15) is 14.4 Å². The lowest BCUT2D eigenvalue weighted by Crippen LogP contribution is -2.45. The zero-order chi connectivity index (χ0) is 21.5.